The van der Waals surface area contributed by atoms with Gasteiger partial charge >= 0.3 is 0 Å². The van der Waals surface area contributed by atoms with Gasteiger partial charge < -0.3 is 19.6 Å². The zero-order valence-electron chi connectivity index (χ0n) is 13.5. The average molecular weight is 319 g/mol. The lowest BCUT2D eigenvalue weighted by Crippen LogP contribution is -2.30. The number of rotatable bonds is 7. The van der Waals surface area contributed by atoms with Gasteiger partial charge in [-0.15, -0.1) is 10.2 Å². The van der Waals surface area contributed by atoms with Crippen molar-refractivity contribution < 1.29 is 9.53 Å². The van der Waals surface area contributed by atoms with E-state index in [0.717, 1.165) is 17.7 Å². The van der Waals surface area contributed by atoms with Gasteiger partial charge in [-0.3, -0.25) is 9.59 Å². The highest BCUT2D eigenvalue weighted by atomic mass is 16.5. The minimum absolute atomic E-state index is 0.0959. The number of ether oxygens (including phenoxy) is 1. The van der Waals surface area contributed by atoms with E-state index in [0.29, 0.717) is 19.0 Å². The smallest absolute Gasteiger partial charge is 0.261 e. The molecule has 8 nitrogen and oxygen atoms in total. The summed E-state index contributed by atoms with van der Waals surface area (Å²) < 4.78 is 6.86. The molecule has 2 rings (SSSR count). The highest BCUT2D eigenvalue weighted by molar-refractivity contribution is 5.93. The molecule has 124 valence electrons. The number of hydrogen-bond donors (Lipinski definition) is 2. The highest BCUT2D eigenvalue weighted by Crippen LogP contribution is 2.03. The molecule has 0 aliphatic rings. The van der Waals surface area contributed by atoms with E-state index in [1.165, 1.54) is 0 Å². The lowest BCUT2D eigenvalue weighted by molar-refractivity contribution is 0.0947. The van der Waals surface area contributed by atoms with Crippen molar-refractivity contribution in [3.8, 4) is 0 Å². The van der Waals surface area contributed by atoms with Crippen molar-refractivity contribution in [2.24, 2.45) is 0 Å². The largest absolute Gasteiger partial charge is 0.385 e. The third-order valence-electron chi connectivity index (χ3n) is 3.59. The van der Waals surface area contributed by atoms with Gasteiger partial charge in [0.2, 0.25) is 0 Å². The molecular weight excluding hydrogens is 298 g/mol. The van der Waals surface area contributed by atoms with E-state index in [1.54, 1.807) is 26.4 Å². The van der Waals surface area contributed by atoms with E-state index < -0.39 is 11.5 Å². The van der Waals surface area contributed by atoms with Crippen LogP contribution in [-0.4, -0.2) is 39.4 Å². The van der Waals surface area contributed by atoms with Gasteiger partial charge in [0.15, 0.2) is 5.82 Å². The highest BCUT2D eigenvalue weighted by Gasteiger charge is 2.13. The number of aromatic nitrogens is 4. The molecule has 0 saturated heterocycles. The molecular formula is C15H21N5O3. The summed E-state index contributed by atoms with van der Waals surface area (Å²) in [4.78, 5) is 26.7. The Hall–Kier alpha value is -2.48. The van der Waals surface area contributed by atoms with Crippen molar-refractivity contribution in [2.75, 3.05) is 13.7 Å². The molecule has 0 unspecified atom stereocenters. The summed E-state index contributed by atoms with van der Waals surface area (Å²) in [7, 11) is 1.65. The number of methoxy groups -OCH3 is 1. The number of carbonyl (C=O) groups is 1. The van der Waals surface area contributed by atoms with Crippen molar-refractivity contribution in [1.82, 2.24) is 25.1 Å². The van der Waals surface area contributed by atoms with Crippen LogP contribution in [0.2, 0.25) is 0 Å². The maximum atomic E-state index is 12.2. The molecule has 2 aromatic heterocycles. The Kier molecular flexibility index (Phi) is 5.64. The van der Waals surface area contributed by atoms with Crippen molar-refractivity contribution in [1.29, 1.82) is 0 Å². The van der Waals surface area contributed by atoms with Crippen LogP contribution in [0.4, 0.5) is 0 Å². The SMILES string of the molecule is COCCCn1cnnc1CNC(=O)c1cc(C)c(C)[nH]c1=O. The van der Waals surface area contributed by atoms with Gasteiger partial charge in [-0.05, 0) is 31.9 Å². The number of hydrogen-bond acceptors (Lipinski definition) is 5. The van der Waals surface area contributed by atoms with Gasteiger partial charge in [0.1, 0.15) is 11.9 Å². The van der Waals surface area contributed by atoms with E-state index in [1.807, 2.05) is 11.5 Å². The second kappa shape index (κ2) is 7.68. The van der Waals surface area contributed by atoms with Gasteiger partial charge in [0.25, 0.3) is 11.5 Å². The van der Waals surface area contributed by atoms with Crippen LogP contribution >= 0.6 is 0 Å². The zero-order valence-corrected chi connectivity index (χ0v) is 13.5. The minimum atomic E-state index is -0.430. The van der Waals surface area contributed by atoms with Crippen molar-refractivity contribution in [3.63, 3.8) is 0 Å². The van der Waals surface area contributed by atoms with Gasteiger partial charge in [0.05, 0.1) is 6.54 Å². The third-order valence-corrected chi connectivity index (χ3v) is 3.59. The molecule has 1 amide bonds. The molecule has 2 heterocycles. The van der Waals surface area contributed by atoms with Crippen molar-refractivity contribution in [2.45, 2.75) is 33.4 Å². The number of carbonyl (C=O) groups excluding carboxylic acids is 1. The second-order valence-corrected chi connectivity index (χ2v) is 5.29. The number of aromatic amines is 1. The first kappa shape index (κ1) is 16.9. The Balaban J connectivity index is 2.01. The minimum Gasteiger partial charge on any atom is -0.385 e. The Labute approximate surface area is 133 Å². The summed E-state index contributed by atoms with van der Waals surface area (Å²) in [6, 6.07) is 1.59. The maximum Gasteiger partial charge on any atom is 0.261 e. The van der Waals surface area contributed by atoms with E-state index in [-0.39, 0.29) is 12.1 Å². The molecule has 0 aliphatic carbocycles. The number of amides is 1. The monoisotopic (exact) mass is 319 g/mol. The fourth-order valence-corrected chi connectivity index (χ4v) is 2.13. The Morgan fingerprint density at radius 2 is 2.22 bits per heavy atom. The predicted molar refractivity (Wildman–Crippen MR) is 84.2 cm³/mol. The lowest BCUT2D eigenvalue weighted by Gasteiger charge is -2.08. The van der Waals surface area contributed by atoms with Crippen LogP contribution in [0.5, 0.6) is 0 Å². The number of aryl methyl sites for hydroxylation is 3. The number of nitrogens with zero attached hydrogens (tertiary/aromatic N) is 3. The normalized spacial score (nSPS) is 10.7. The quantitative estimate of drug-likeness (QED) is 0.726. The topological polar surface area (TPSA) is 102 Å². The summed E-state index contributed by atoms with van der Waals surface area (Å²) >= 11 is 0. The number of H-pyrrole nitrogens is 1. The molecule has 0 fully saturated rings. The molecule has 0 spiro atoms. The van der Waals surface area contributed by atoms with Crippen LogP contribution in [0.1, 0.15) is 33.9 Å². The van der Waals surface area contributed by atoms with Gasteiger partial charge in [0, 0.05) is 26.0 Å². The van der Waals surface area contributed by atoms with Gasteiger partial charge in [-0.2, -0.15) is 0 Å². The first-order valence-corrected chi connectivity index (χ1v) is 7.37. The van der Waals surface area contributed by atoms with Crippen LogP contribution in [-0.2, 0) is 17.8 Å². The average Bonchev–Trinajstić information content (AvgIpc) is 2.96. The van der Waals surface area contributed by atoms with E-state index in [2.05, 4.69) is 20.5 Å². The molecule has 8 heteroatoms. The fraction of sp³-hybridized carbons (Fsp3) is 0.467. The Bertz CT molecular complexity index is 735. The number of pyridine rings is 1. The molecule has 0 aromatic carbocycles. The third kappa shape index (κ3) is 4.26. The molecule has 0 radical (unpaired) electrons. The zero-order chi connectivity index (χ0) is 16.8. The second-order valence-electron chi connectivity index (χ2n) is 5.29. The van der Waals surface area contributed by atoms with E-state index >= 15 is 0 Å². The molecule has 2 aromatic rings. The summed E-state index contributed by atoms with van der Waals surface area (Å²) in [5.41, 5.74) is 1.31. The Morgan fingerprint density at radius 3 is 2.96 bits per heavy atom. The van der Waals surface area contributed by atoms with Crippen LogP contribution in [0.15, 0.2) is 17.2 Å². The number of nitrogens with one attached hydrogen (secondary N) is 2. The molecule has 0 atom stereocenters. The lowest BCUT2D eigenvalue weighted by atomic mass is 10.1. The van der Waals surface area contributed by atoms with Crippen molar-refractivity contribution >= 4 is 5.91 Å². The maximum absolute atomic E-state index is 12.2. The molecule has 2 N–H and O–H groups in total. The van der Waals surface area contributed by atoms with Gasteiger partial charge in [-0.1, -0.05) is 0 Å². The van der Waals surface area contributed by atoms with Crippen LogP contribution < -0.4 is 10.9 Å². The van der Waals surface area contributed by atoms with Crippen LogP contribution in [0.25, 0.3) is 0 Å². The van der Waals surface area contributed by atoms with Crippen LogP contribution in [0.3, 0.4) is 0 Å². The first-order valence-electron chi connectivity index (χ1n) is 7.37. The standard InChI is InChI=1S/C15H21N5O3/c1-10-7-12(15(22)18-11(10)2)14(21)16-8-13-19-17-9-20(13)5-4-6-23-3/h7,9H,4-6,8H2,1-3H3,(H,16,21)(H,18,22). The summed E-state index contributed by atoms with van der Waals surface area (Å²) in [6.07, 6.45) is 2.44. The fourth-order valence-electron chi connectivity index (χ4n) is 2.13. The molecule has 23 heavy (non-hydrogen) atoms. The summed E-state index contributed by atoms with van der Waals surface area (Å²) in [5, 5.41) is 10.5. The van der Waals surface area contributed by atoms with E-state index in [9.17, 15) is 9.59 Å². The van der Waals surface area contributed by atoms with Gasteiger partial charge in [-0.25, -0.2) is 0 Å². The Morgan fingerprint density at radius 1 is 1.43 bits per heavy atom. The first-order chi connectivity index (χ1) is 11.0. The summed E-state index contributed by atoms with van der Waals surface area (Å²) in [5.74, 6) is 0.204. The van der Waals surface area contributed by atoms with Crippen molar-refractivity contribution in [3.05, 3.63) is 45.4 Å². The summed E-state index contributed by atoms with van der Waals surface area (Å²) in [6.45, 7) is 5.19. The van der Waals surface area contributed by atoms with Crippen LogP contribution in [0, 0.1) is 13.8 Å². The molecule has 0 bridgehead atoms. The molecule has 0 aliphatic heterocycles. The molecule has 0 saturated carbocycles. The predicted octanol–water partition coefficient (Wildman–Crippen LogP) is 0.550. The van der Waals surface area contributed by atoms with E-state index in [4.69, 9.17) is 4.74 Å².